The maximum absolute atomic E-state index is 6.29. The summed E-state index contributed by atoms with van der Waals surface area (Å²) in [6.07, 6.45) is 11.6. The van der Waals surface area contributed by atoms with E-state index in [0.29, 0.717) is 34.6 Å². The molecule has 38 heavy (non-hydrogen) atoms. The molecule has 0 spiro atoms. The van der Waals surface area contributed by atoms with Crippen molar-refractivity contribution in [1.82, 2.24) is 14.9 Å². The number of benzene rings is 2. The van der Waals surface area contributed by atoms with Gasteiger partial charge in [-0.25, -0.2) is 9.97 Å². The average Bonchev–Trinajstić information content (AvgIpc) is 3.18. The molecule has 0 amide bonds. The van der Waals surface area contributed by atoms with Gasteiger partial charge in [-0.2, -0.15) is 0 Å². The van der Waals surface area contributed by atoms with Crippen LogP contribution in [-0.2, 0) is 11.2 Å². The number of aromatic nitrogens is 2. The summed E-state index contributed by atoms with van der Waals surface area (Å²) >= 11 is 12.3. The molecule has 1 aliphatic heterocycles. The monoisotopic (exact) mass is 557 g/mol. The predicted octanol–water partition coefficient (Wildman–Crippen LogP) is 6.98. The minimum Gasteiger partial charge on any atom is -0.493 e. The second kappa shape index (κ2) is 13.3. The summed E-state index contributed by atoms with van der Waals surface area (Å²) in [6.45, 7) is 4.40. The Bertz CT molecular complexity index is 1220. The largest absolute Gasteiger partial charge is 0.493 e. The smallest absolute Gasteiger partial charge is 0.163 e. The molecular weight excluding hydrogens is 521 g/mol. The molecule has 1 unspecified atom stereocenters. The van der Waals surface area contributed by atoms with Crippen molar-refractivity contribution < 1.29 is 14.2 Å². The Balaban J connectivity index is 1.25. The molecule has 0 bridgehead atoms. The van der Waals surface area contributed by atoms with Gasteiger partial charge in [-0.3, -0.25) is 0 Å². The Hall–Kier alpha value is -2.12. The van der Waals surface area contributed by atoms with Gasteiger partial charge in [0, 0.05) is 37.6 Å². The molecule has 0 N–H and O–H groups in total. The van der Waals surface area contributed by atoms with Crippen LogP contribution in [0, 0.1) is 5.92 Å². The first kappa shape index (κ1) is 27.4. The van der Waals surface area contributed by atoms with Crippen LogP contribution in [0.3, 0.4) is 0 Å². The summed E-state index contributed by atoms with van der Waals surface area (Å²) in [7, 11) is 1.66. The zero-order valence-corrected chi connectivity index (χ0v) is 23.6. The third-order valence-corrected chi connectivity index (χ3v) is 8.53. The van der Waals surface area contributed by atoms with Crippen molar-refractivity contribution in [2.45, 2.75) is 57.5 Å². The highest BCUT2D eigenvalue weighted by molar-refractivity contribution is 6.42. The molecule has 6 nitrogen and oxygen atoms in total. The Morgan fingerprint density at radius 2 is 1.87 bits per heavy atom. The van der Waals surface area contributed by atoms with E-state index in [9.17, 15) is 0 Å². The molecular formula is C30H37Cl2N3O3. The van der Waals surface area contributed by atoms with Gasteiger partial charge in [0.25, 0.3) is 0 Å². The minimum absolute atomic E-state index is 0.0277. The van der Waals surface area contributed by atoms with E-state index >= 15 is 0 Å². The van der Waals surface area contributed by atoms with Crippen molar-refractivity contribution in [3.05, 3.63) is 58.0 Å². The summed E-state index contributed by atoms with van der Waals surface area (Å²) in [5.41, 5.74) is 2.72. The Kier molecular flexibility index (Phi) is 9.60. The molecule has 0 radical (unpaired) electrons. The second-order valence-electron chi connectivity index (χ2n) is 10.5. The van der Waals surface area contributed by atoms with Crippen molar-refractivity contribution >= 4 is 34.1 Å². The van der Waals surface area contributed by atoms with Crippen LogP contribution in [0.1, 0.15) is 56.2 Å². The van der Waals surface area contributed by atoms with Gasteiger partial charge in [0.2, 0.25) is 0 Å². The molecule has 1 aromatic heterocycles. The molecule has 2 aliphatic rings. The van der Waals surface area contributed by atoms with Gasteiger partial charge in [-0.15, -0.1) is 0 Å². The number of rotatable bonds is 9. The van der Waals surface area contributed by atoms with Crippen LogP contribution in [0.2, 0.25) is 10.0 Å². The highest BCUT2D eigenvalue weighted by Gasteiger charge is 2.22. The maximum atomic E-state index is 6.29. The SMILES string of the molecule is COc1cc2c(Cc3ccc(Cl)c(Cl)c3)ncnc2cc1OCC1CN(CCC2CCCCC2)CCCO1. The van der Waals surface area contributed by atoms with Gasteiger partial charge in [-0.05, 0) is 49.1 Å². The second-order valence-corrected chi connectivity index (χ2v) is 11.3. The van der Waals surface area contributed by atoms with Gasteiger partial charge in [-0.1, -0.05) is 61.4 Å². The van der Waals surface area contributed by atoms with Crippen molar-refractivity contribution in [2.75, 3.05) is 40.0 Å². The van der Waals surface area contributed by atoms with Crippen LogP contribution in [0.25, 0.3) is 10.9 Å². The topological polar surface area (TPSA) is 56.7 Å². The standard InChI is InChI=1S/C30H37Cl2N3O3/c1-36-29-16-24-27(15-22-8-9-25(31)26(32)14-22)33-20-34-28(24)17-30(29)38-19-23-18-35(11-5-13-37-23)12-10-21-6-3-2-4-7-21/h8-9,14,16-17,20-21,23H,2-7,10-13,15,18-19H2,1H3. The van der Waals surface area contributed by atoms with E-state index in [4.69, 9.17) is 37.4 Å². The molecule has 3 aromatic rings. The molecule has 5 rings (SSSR count). The highest BCUT2D eigenvalue weighted by Crippen LogP contribution is 2.34. The summed E-state index contributed by atoms with van der Waals surface area (Å²) in [6, 6.07) is 9.54. The number of halogens is 2. The summed E-state index contributed by atoms with van der Waals surface area (Å²) in [4.78, 5) is 11.6. The van der Waals surface area contributed by atoms with E-state index in [1.165, 1.54) is 38.5 Å². The van der Waals surface area contributed by atoms with E-state index in [1.807, 2.05) is 30.3 Å². The van der Waals surface area contributed by atoms with Crippen molar-refractivity contribution in [1.29, 1.82) is 0 Å². The lowest BCUT2D eigenvalue weighted by molar-refractivity contribution is 0.0197. The first-order valence-electron chi connectivity index (χ1n) is 13.8. The number of hydrogen-bond acceptors (Lipinski definition) is 6. The maximum Gasteiger partial charge on any atom is 0.163 e. The number of fused-ring (bicyclic) bond motifs is 1. The zero-order valence-electron chi connectivity index (χ0n) is 22.1. The van der Waals surface area contributed by atoms with E-state index in [2.05, 4.69) is 14.9 Å². The number of ether oxygens (including phenoxy) is 3. The van der Waals surface area contributed by atoms with Crippen LogP contribution in [0.4, 0.5) is 0 Å². The van der Waals surface area contributed by atoms with Crippen LogP contribution in [0.15, 0.2) is 36.7 Å². The van der Waals surface area contributed by atoms with Crippen LogP contribution >= 0.6 is 23.2 Å². The van der Waals surface area contributed by atoms with Crippen molar-refractivity contribution in [3.8, 4) is 11.5 Å². The Labute approximate surface area is 235 Å². The summed E-state index contributed by atoms with van der Waals surface area (Å²) in [5.74, 6) is 2.22. The first-order valence-corrected chi connectivity index (χ1v) is 14.6. The molecule has 1 atom stereocenters. The highest BCUT2D eigenvalue weighted by atomic mass is 35.5. The summed E-state index contributed by atoms with van der Waals surface area (Å²) in [5, 5.41) is 1.99. The molecule has 1 saturated heterocycles. The molecule has 2 heterocycles. The van der Waals surface area contributed by atoms with E-state index in [-0.39, 0.29) is 6.10 Å². The van der Waals surface area contributed by atoms with Crippen LogP contribution < -0.4 is 9.47 Å². The quantitative estimate of drug-likeness (QED) is 0.283. The number of hydrogen-bond donors (Lipinski definition) is 0. The third-order valence-electron chi connectivity index (χ3n) is 7.80. The van der Waals surface area contributed by atoms with Crippen LogP contribution in [0.5, 0.6) is 11.5 Å². The molecule has 204 valence electrons. The lowest BCUT2D eigenvalue weighted by Crippen LogP contribution is -2.36. The molecule has 2 aromatic carbocycles. The normalized spacial score (nSPS) is 19.4. The van der Waals surface area contributed by atoms with E-state index in [1.54, 1.807) is 13.4 Å². The molecule has 2 fully saturated rings. The Morgan fingerprint density at radius 1 is 1.00 bits per heavy atom. The molecule has 1 saturated carbocycles. The van der Waals surface area contributed by atoms with Crippen molar-refractivity contribution in [3.63, 3.8) is 0 Å². The Morgan fingerprint density at radius 3 is 2.68 bits per heavy atom. The summed E-state index contributed by atoms with van der Waals surface area (Å²) < 4.78 is 18.2. The zero-order chi connectivity index (χ0) is 26.3. The molecule has 8 heteroatoms. The van der Waals surface area contributed by atoms with Gasteiger partial charge in [0.1, 0.15) is 19.0 Å². The van der Waals surface area contributed by atoms with Crippen molar-refractivity contribution in [2.24, 2.45) is 5.92 Å². The van der Waals surface area contributed by atoms with Gasteiger partial charge in [0.15, 0.2) is 11.5 Å². The van der Waals surface area contributed by atoms with Gasteiger partial charge < -0.3 is 19.1 Å². The van der Waals surface area contributed by atoms with E-state index < -0.39 is 0 Å². The predicted molar refractivity (Wildman–Crippen MR) is 153 cm³/mol. The minimum atomic E-state index is 0.0277. The average molecular weight is 559 g/mol. The number of nitrogens with zero attached hydrogens (tertiary/aromatic N) is 3. The fourth-order valence-corrected chi connectivity index (χ4v) is 5.99. The van der Waals surface area contributed by atoms with Crippen LogP contribution in [-0.4, -0.2) is 60.9 Å². The third kappa shape index (κ3) is 7.09. The lowest BCUT2D eigenvalue weighted by atomic mass is 9.87. The first-order chi connectivity index (χ1) is 18.6. The fraction of sp³-hybridized carbons (Fsp3) is 0.533. The molecule has 1 aliphatic carbocycles. The van der Waals surface area contributed by atoms with Gasteiger partial charge >= 0.3 is 0 Å². The number of methoxy groups -OCH3 is 1. The fourth-order valence-electron chi connectivity index (χ4n) is 5.67. The van der Waals surface area contributed by atoms with E-state index in [0.717, 1.165) is 60.7 Å². The van der Waals surface area contributed by atoms with Gasteiger partial charge in [0.05, 0.1) is 28.4 Å². The lowest BCUT2D eigenvalue weighted by Gasteiger charge is -2.27.